The molecule has 3 aliphatic rings. The lowest BCUT2D eigenvalue weighted by Gasteiger charge is -2.32. The molecule has 0 saturated carbocycles. The van der Waals surface area contributed by atoms with Crippen LogP contribution in [-0.4, -0.2) is 134 Å². The number of hydrogen-bond acceptors (Lipinski definition) is 23. The molecular weight excluding hydrogens is 1830 g/mol. The van der Waals surface area contributed by atoms with Gasteiger partial charge >= 0.3 is 58.0 Å². The van der Waals surface area contributed by atoms with Gasteiger partial charge in [-0.15, -0.1) is 0 Å². The molecule has 0 atom stereocenters. The molecule has 15 rings (SSSR count). The zero-order valence-corrected chi connectivity index (χ0v) is 75.2. The molecule has 4 aromatic carbocycles. The fraction of sp³-hybridized carbons (Fsp3) is 0.289. The van der Waals surface area contributed by atoms with Gasteiger partial charge in [0.15, 0.2) is 5.65 Å². The van der Waals surface area contributed by atoms with E-state index in [1.165, 1.54) is 12.1 Å². The fourth-order valence-electron chi connectivity index (χ4n) is 12.6. The number of aromatic nitrogens is 9. The van der Waals surface area contributed by atoms with Crippen LogP contribution < -0.4 is 54.4 Å². The van der Waals surface area contributed by atoms with Crippen LogP contribution in [0, 0.1) is 11.6 Å². The zero-order valence-electron chi connectivity index (χ0n) is 74.4. The molecule has 12 N–H and O–H groups in total. The third kappa shape index (κ3) is 25.8. The van der Waals surface area contributed by atoms with Crippen molar-refractivity contribution in [3.8, 4) is 11.1 Å². The molecule has 3 aliphatic heterocycles. The number of carbonyl (C=O) groups excluding carboxylic acids is 2. The number of fused-ring (bicyclic) bond motifs is 1. The van der Waals surface area contributed by atoms with Crippen molar-refractivity contribution in [2.24, 2.45) is 5.73 Å². The van der Waals surface area contributed by atoms with Crippen LogP contribution in [0.25, 0.3) is 22.2 Å². The highest BCUT2D eigenvalue weighted by molar-refractivity contribution is 6.63. The van der Waals surface area contributed by atoms with Crippen molar-refractivity contribution in [2.45, 2.75) is 168 Å². The maximum Gasteiger partial charge on any atom is 0.494 e. The van der Waals surface area contributed by atoms with Crippen LogP contribution in [-0.2, 0) is 78.8 Å². The molecule has 2 amide bonds. The van der Waals surface area contributed by atoms with E-state index in [0.717, 1.165) is 74.3 Å². The lowest BCUT2D eigenvalue weighted by atomic mass is 9.79. The highest BCUT2D eigenvalue weighted by atomic mass is 35.5. The molecule has 12 aromatic rings. The van der Waals surface area contributed by atoms with Crippen molar-refractivity contribution in [3.63, 3.8) is 0 Å². The second-order valence-electron chi connectivity index (χ2n) is 33.8. The van der Waals surface area contributed by atoms with Gasteiger partial charge in [0.2, 0.25) is 0 Å². The molecule has 0 aliphatic carbocycles. The summed E-state index contributed by atoms with van der Waals surface area (Å²) in [5.74, 6) is -5.94. The highest BCUT2D eigenvalue weighted by Gasteiger charge is 2.54. The van der Waals surface area contributed by atoms with E-state index in [1.807, 2.05) is 146 Å². The van der Waals surface area contributed by atoms with Crippen LogP contribution in [0.1, 0.15) is 169 Å². The molecule has 8 aromatic heterocycles. The number of carboxylic acids is 2. The summed E-state index contributed by atoms with van der Waals surface area (Å²) in [4.78, 5) is 73.5. The van der Waals surface area contributed by atoms with Crippen LogP contribution in [0.5, 0.6) is 0 Å². The van der Waals surface area contributed by atoms with Crippen molar-refractivity contribution in [1.29, 1.82) is 0 Å². The number of aromatic carboxylic acids is 2. The van der Waals surface area contributed by atoms with Crippen LogP contribution >= 0.6 is 11.6 Å². The molecule has 0 unspecified atom stereocenters. The number of pyridine rings is 7. The van der Waals surface area contributed by atoms with E-state index in [9.17, 15) is 85.8 Å². The minimum atomic E-state index is -4.70. The molecule has 11 heterocycles. The van der Waals surface area contributed by atoms with Gasteiger partial charge in [0.1, 0.15) is 57.3 Å². The average Bonchev–Trinajstić information content (AvgIpc) is 1.62. The maximum atomic E-state index is 13.3. The van der Waals surface area contributed by atoms with E-state index < -0.39 is 135 Å². The topological polar surface area (TPSA) is 395 Å². The Morgan fingerprint density at radius 2 is 0.699 bits per heavy atom. The van der Waals surface area contributed by atoms with Gasteiger partial charge in [-0.3, -0.25) is 14.7 Å². The smallest absolute Gasteiger partial charge is 0.478 e. The summed E-state index contributed by atoms with van der Waals surface area (Å²) in [5, 5.41) is 37.9. The van der Waals surface area contributed by atoms with E-state index in [1.54, 1.807) is 18.3 Å². The summed E-state index contributed by atoms with van der Waals surface area (Å²) in [6.45, 7) is 25.0. The largest absolute Gasteiger partial charge is 0.494 e. The summed E-state index contributed by atoms with van der Waals surface area (Å²) >= 11 is 5.28. The van der Waals surface area contributed by atoms with Crippen molar-refractivity contribution >= 4 is 119 Å². The Hall–Kier alpha value is -13.3. The van der Waals surface area contributed by atoms with Crippen molar-refractivity contribution in [2.75, 3.05) is 32.3 Å². The summed E-state index contributed by atoms with van der Waals surface area (Å²) in [6.07, 6.45) is -12.9. The van der Waals surface area contributed by atoms with E-state index in [4.69, 9.17) is 56.1 Å². The molecule has 0 radical (unpaired) electrons. The summed E-state index contributed by atoms with van der Waals surface area (Å²) in [6, 6.07) is 38.8. The lowest BCUT2D eigenvalue weighted by molar-refractivity contribution is -0.138. The quantitative estimate of drug-likeness (QED) is 0.0192. The van der Waals surface area contributed by atoms with Gasteiger partial charge in [-0.25, -0.2) is 53.3 Å². The van der Waals surface area contributed by atoms with Gasteiger partial charge in [0.25, 0.3) is 11.8 Å². The van der Waals surface area contributed by atoms with Crippen molar-refractivity contribution < 1.29 is 119 Å². The minimum absolute atomic E-state index is 0.0203. The second kappa shape index (κ2) is 41.1. The van der Waals surface area contributed by atoms with E-state index in [-0.39, 0.29) is 78.2 Å². The Kier molecular flexibility index (Phi) is 31.2. The van der Waals surface area contributed by atoms with Crippen molar-refractivity contribution in [1.82, 2.24) is 45.1 Å². The standard InChI is InChI=1S/C25H25BF4N4O3.C25H18F4N8O.C20H22BF3N2O4.C13H20BNO2.C7H3ClF3NO2/c1-23(2)24(3,4)37-26(36-23)17-7-5-15(6-8-17)12-32-21-19(11-16(13-33-21)25(28,29)30)22(35)34-20-10-9-18(27)14-31-20;26-17-5-6-20(31-12-17)35-24(38)19-8-16(25(27,28)29)11-34-22(19)32-9-13-1-3-14(4-2-13)15-7-18-21(30)36-37-23(18)33-10-15;1-18(2)19(3,4)30-21(29-18)14-7-5-12(6-8-14)10-25-16-15(17(27)28)9-13(11-26-16)20(22,23)24;1-12(2)13(3,4)17-14(16-12)11-7-5-10(9-15)6-8-11;8-5-4(6(13)14)1-3(2-12-5)7(9,10)11/h5-11,13-14H,12H2,1-4H3,(H,32,33)(H,31,34,35);1-8,10-12H,9H2,(H,32,34)(H,31,35,38)(H3,30,33,36,37);5-9,11H,10H2,1-4H3,(H,25,26)(H,27,28);5-8H,9,15H2,1-4H3;1-2H,(H,13,14). The molecule has 0 bridgehead atoms. The Bertz CT molecular complexity index is 6230. The van der Waals surface area contributed by atoms with Crippen LogP contribution in [0.3, 0.4) is 0 Å². The first-order chi connectivity index (χ1) is 63.4. The van der Waals surface area contributed by atoms with Gasteiger partial charge < -0.3 is 76.2 Å². The van der Waals surface area contributed by atoms with Gasteiger partial charge in [-0.1, -0.05) is 109 Å². The Balaban J connectivity index is 0.000000170. The number of nitrogens with two attached hydrogens (primary N) is 2. The minimum Gasteiger partial charge on any atom is -0.478 e. The fourth-order valence-corrected chi connectivity index (χ4v) is 12.8. The molecule has 714 valence electrons. The van der Waals surface area contributed by atoms with Crippen LogP contribution in [0.4, 0.5) is 96.4 Å². The third-order valence-corrected chi connectivity index (χ3v) is 22.9. The number of amides is 2. The number of hydrogen-bond donors (Lipinski definition) is 10. The van der Waals surface area contributed by atoms with Gasteiger partial charge in [0.05, 0.1) is 90.3 Å². The van der Waals surface area contributed by atoms with E-state index >= 15 is 0 Å². The highest BCUT2D eigenvalue weighted by Crippen LogP contribution is 2.42. The van der Waals surface area contributed by atoms with Crippen molar-refractivity contribution in [3.05, 3.63) is 279 Å². The van der Waals surface area contributed by atoms with Crippen LogP contribution in [0.2, 0.25) is 5.15 Å². The number of anilines is 6. The number of alkyl halides is 12. The average molecular weight is 1920 g/mol. The third-order valence-electron chi connectivity index (χ3n) is 22.6. The van der Waals surface area contributed by atoms with E-state index in [0.29, 0.717) is 72.4 Å². The summed E-state index contributed by atoms with van der Waals surface area (Å²) < 4.78 is 217. The number of H-pyrrole nitrogens is 1. The second-order valence-corrected chi connectivity index (χ2v) is 34.2. The molecule has 3 saturated heterocycles. The number of carboxylic acid groups (broad SMARTS) is 2. The molecule has 136 heavy (non-hydrogen) atoms. The van der Waals surface area contributed by atoms with Gasteiger partial charge in [0, 0.05) is 62.7 Å². The molecular formula is C90H88B3ClF14N16O12. The number of aromatic amines is 1. The number of benzene rings is 4. The Morgan fingerprint density at radius 1 is 0.390 bits per heavy atom. The monoisotopic (exact) mass is 1920 g/mol. The number of rotatable bonds is 20. The number of carbonyl (C=O) groups is 4. The number of nitrogen functional groups attached to an aromatic ring is 1. The molecule has 46 heteroatoms. The summed E-state index contributed by atoms with van der Waals surface area (Å²) in [7, 11) is -1.32. The first-order valence-corrected chi connectivity index (χ1v) is 41.5. The first kappa shape index (κ1) is 103. The maximum absolute atomic E-state index is 13.3. The molecule has 3 fully saturated rings. The summed E-state index contributed by atoms with van der Waals surface area (Å²) in [5.41, 5.74) is 11.0. The Labute approximate surface area is 774 Å². The van der Waals surface area contributed by atoms with E-state index in [2.05, 4.69) is 99.4 Å². The van der Waals surface area contributed by atoms with Crippen LogP contribution in [0.15, 0.2) is 195 Å². The number of halogens is 15. The SMILES string of the molecule is CC1(C)OB(c2ccc(CN)cc2)OC1(C)C.CC1(C)OB(c2ccc(CNc3ncc(C(F)(F)F)cc3C(=O)Nc3ccc(F)cn3)cc2)OC1(C)C.CC1(C)OB(c2ccc(CNc3ncc(C(F)(F)F)cc3C(=O)O)cc2)OC1(C)C.Nc1[nH]nc2ncc(-c3ccc(CNc4ncc(C(F)(F)F)cc4C(=O)Nc4ccc(F)cn4)cc3)cc12.O=C(O)c1cc(C(F)(F)F)cnc1Cl. The van der Waals surface area contributed by atoms with Gasteiger partial charge in [-0.05, 0) is 182 Å². The normalized spacial score (nSPS) is 15.5. The van der Waals surface area contributed by atoms with Gasteiger partial charge in [-0.2, -0.15) is 57.8 Å². The predicted molar refractivity (Wildman–Crippen MR) is 480 cm³/mol. The lowest BCUT2D eigenvalue weighted by Crippen LogP contribution is -2.41. The molecule has 0 spiro atoms. The number of nitrogens with zero attached hydrogens (tertiary/aromatic N) is 8. The number of nitrogens with one attached hydrogen (secondary N) is 6. The predicted octanol–water partition coefficient (Wildman–Crippen LogP) is 17.4. The zero-order chi connectivity index (χ0) is 99.8. The Morgan fingerprint density at radius 3 is 1.01 bits per heavy atom. The molecule has 28 nitrogen and oxygen atoms in total. The first-order valence-electron chi connectivity index (χ1n) is 41.1.